The fourth-order valence-electron chi connectivity index (χ4n) is 1.91. The molecule has 0 heterocycles. The molecule has 0 aliphatic carbocycles. The Hall–Kier alpha value is 0.321. The molecule has 0 fully saturated rings. The summed E-state index contributed by atoms with van der Waals surface area (Å²) in [6.07, 6.45) is 0. The summed E-state index contributed by atoms with van der Waals surface area (Å²) in [5, 5.41) is 0. The van der Waals surface area contributed by atoms with Crippen LogP contribution in [0.4, 0.5) is 0 Å². The van der Waals surface area contributed by atoms with Crippen LogP contribution in [0.3, 0.4) is 0 Å². The quantitative estimate of drug-likeness (QED) is 0.109. The third-order valence-electron chi connectivity index (χ3n) is 3.77. The topological polar surface area (TPSA) is 316 Å². The average Bonchev–Trinajstić information content (AvgIpc) is 2.93. The van der Waals surface area contributed by atoms with Gasteiger partial charge in [0.15, 0.2) is 0 Å². The molecule has 0 spiro atoms. The number of hydrogen-bond acceptors (Lipinski definition) is 19. The molecular weight excluding hydrogens is 874 g/mol. The van der Waals surface area contributed by atoms with Crippen molar-refractivity contribution in [3.8, 4) is 0 Å². The molecule has 0 bridgehead atoms. The highest BCUT2D eigenvalue weighted by Gasteiger charge is 2.55. The molecular formula is C3H9O19Si19. The zero-order valence-corrected chi connectivity index (χ0v) is 39.3. The van der Waals surface area contributed by atoms with Crippen molar-refractivity contribution < 1.29 is 84.4 Å². The van der Waals surface area contributed by atoms with Crippen LogP contribution in [-0.2, 0) is 84.4 Å². The lowest BCUT2D eigenvalue weighted by atomic mass is 11.8. The lowest BCUT2D eigenvalue weighted by Gasteiger charge is -2.16. The highest BCUT2D eigenvalue weighted by Crippen LogP contribution is 2.02. The van der Waals surface area contributed by atoms with Crippen molar-refractivity contribution in [2.24, 2.45) is 0 Å². The van der Waals surface area contributed by atoms with Crippen LogP contribution in [0.25, 0.3) is 0 Å². The van der Waals surface area contributed by atoms with Crippen molar-refractivity contribution >= 4 is 149 Å². The molecule has 0 aromatic rings. The molecule has 0 N–H and O–H groups in total. The average molecular weight is 883 g/mol. The molecule has 1 radical (unpaired) electrons. The molecule has 0 saturated carbocycles. The van der Waals surface area contributed by atoms with Crippen molar-refractivity contribution in [2.75, 3.05) is 0 Å². The van der Waals surface area contributed by atoms with Crippen molar-refractivity contribution in [3.63, 3.8) is 0 Å². The lowest BCUT2D eigenvalue weighted by Crippen LogP contribution is -2.56. The molecule has 0 unspecified atom stereocenters. The van der Waals surface area contributed by atoms with Crippen molar-refractivity contribution in [2.45, 2.75) is 19.6 Å². The molecule has 0 aromatic heterocycles. The molecule has 0 aliphatic heterocycles. The predicted octanol–water partition coefficient (Wildman–Crippen LogP) is -7.69. The SMILES string of the molecule is C[Si](C)(C)O[Si](=O)[Si](=O)[Si](=O)[Si](=O)[Si](=O)[Si](=O)[Si](=O)[Si](=O)[Si](=O)[Si](=O)[Si](=O)[Si](=O)[Si](=O)[Si](=O)[Si](=O)[Si](=O)[Si](=O)[Si]=O. The Morgan fingerprint density at radius 1 is 0.366 bits per heavy atom. The van der Waals surface area contributed by atoms with E-state index in [-0.39, 0.29) is 0 Å². The zero-order valence-electron chi connectivity index (χ0n) is 20.3. The van der Waals surface area contributed by atoms with E-state index in [9.17, 15) is 80.3 Å². The van der Waals surface area contributed by atoms with Crippen molar-refractivity contribution in [1.82, 2.24) is 0 Å². The van der Waals surface area contributed by atoms with Gasteiger partial charge in [-0.15, -0.1) is 0 Å². The minimum absolute atomic E-state index is 1.53. The van der Waals surface area contributed by atoms with Gasteiger partial charge in [-0.05, 0) is 19.6 Å². The van der Waals surface area contributed by atoms with Crippen LogP contribution in [0.5, 0.6) is 0 Å². The first-order chi connectivity index (χ1) is 18.5. The van der Waals surface area contributed by atoms with Crippen LogP contribution < -0.4 is 0 Å². The normalized spacial score (nSPS) is 10.1. The van der Waals surface area contributed by atoms with E-state index in [1.54, 1.807) is 0 Å². The molecule has 0 aliphatic rings. The Kier molecular flexibility index (Phi) is 17.9. The largest absolute Gasteiger partial charge is 0.578 e. The predicted molar refractivity (Wildman–Crippen MR) is 140 cm³/mol. The van der Waals surface area contributed by atoms with Crippen LogP contribution in [-0.4, -0.2) is 149 Å². The van der Waals surface area contributed by atoms with Gasteiger partial charge in [-0.2, -0.15) is 0 Å². The minimum atomic E-state index is -4.34. The van der Waals surface area contributed by atoms with Gasteiger partial charge in [0.05, 0.1) is 0 Å². The Bertz CT molecular complexity index is 1500. The summed E-state index contributed by atoms with van der Waals surface area (Å²) in [5.41, 5.74) is 0. The van der Waals surface area contributed by atoms with Gasteiger partial charge < -0.3 is 84.4 Å². The second kappa shape index (κ2) is 17.7. The van der Waals surface area contributed by atoms with E-state index >= 15 is 0 Å². The van der Waals surface area contributed by atoms with Gasteiger partial charge in [0, 0.05) is 0 Å². The Balaban J connectivity index is 5.65. The first kappa shape index (κ1) is 41.3. The fraction of sp³-hybridized carbons (Fsp3) is 1.00. The summed E-state index contributed by atoms with van der Waals surface area (Å²) in [7, 11) is -73.3. The summed E-state index contributed by atoms with van der Waals surface area (Å²) >= 11 is 0. The fourth-order valence-corrected chi connectivity index (χ4v) is 188. The molecule has 19 nitrogen and oxygen atoms in total. The van der Waals surface area contributed by atoms with Gasteiger partial charge in [0.1, 0.15) is 0 Å². The molecule has 0 aromatic carbocycles. The van der Waals surface area contributed by atoms with Gasteiger partial charge in [-0.25, -0.2) is 0 Å². The molecule has 0 saturated heterocycles. The third kappa shape index (κ3) is 11.6. The van der Waals surface area contributed by atoms with Gasteiger partial charge in [-0.3, -0.25) is 0 Å². The van der Waals surface area contributed by atoms with E-state index in [4.69, 9.17) is 4.12 Å². The smallest absolute Gasteiger partial charge is 0.532 e. The first-order valence-electron chi connectivity index (χ1n) is 9.83. The summed E-state index contributed by atoms with van der Waals surface area (Å²) in [4.78, 5) is 0. The minimum Gasteiger partial charge on any atom is -0.578 e. The molecule has 0 amide bonds. The standard InChI is InChI=1S/C3H9O19Si19/c1-41(2,3)22-24(5)26(7)28(9)30(11)32(13)34(15)36(17)38(19)40(21)39(20)37(18)35(16)33(14)31(12)29(10)27(8)25(6)23-4/h1-3H3. The Morgan fingerprint density at radius 3 is 0.756 bits per heavy atom. The molecule has 0 rings (SSSR count). The van der Waals surface area contributed by atoms with Crippen LogP contribution in [0.15, 0.2) is 0 Å². The maximum atomic E-state index is 12.4. The van der Waals surface area contributed by atoms with Crippen LogP contribution in [0.1, 0.15) is 0 Å². The van der Waals surface area contributed by atoms with Gasteiger partial charge >= 0.3 is 141 Å². The molecule has 41 heavy (non-hydrogen) atoms. The highest BCUT2D eigenvalue weighted by molar-refractivity contribution is 7.81. The van der Waals surface area contributed by atoms with E-state index in [2.05, 4.69) is 0 Å². The van der Waals surface area contributed by atoms with Crippen LogP contribution in [0, 0.1) is 0 Å². The molecule has 38 heteroatoms. The summed E-state index contributed by atoms with van der Waals surface area (Å²) in [5.74, 6) is 0. The maximum absolute atomic E-state index is 12.4. The molecule has 0 atom stereocenters. The maximum Gasteiger partial charge on any atom is 0.532 e. The van der Waals surface area contributed by atoms with Crippen molar-refractivity contribution in [3.05, 3.63) is 0 Å². The van der Waals surface area contributed by atoms with Crippen molar-refractivity contribution in [1.29, 1.82) is 0 Å². The summed E-state index contributed by atoms with van der Waals surface area (Å²) in [6.45, 7) is 4.59. The first-order valence-corrected chi connectivity index (χ1v) is 55.0. The van der Waals surface area contributed by atoms with E-state index in [1.807, 2.05) is 0 Å². The Morgan fingerprint density at radius 2 is 0.561 bits per heavy atom. The van der Waals surface area contributed by atoms with Gasteiger partial charge in [0.25, 0.3) is 0 Å². The third-order valence-corrected chi connectivity index (χ3v) is 133. The second-order valence-electron chi connectivity index (χ2n) is 7.87. The Labute approximate surface area is 251 Å². The lowest BCUT2D eigenvalue weighted by molar-refractivity contribution is 0.462. The summed E-state index contributed by atoms with van der Waals surface area (Å²) in [6, 6.07) is 0. The monoisotopic (exact) mass is 881 g/mol. The number of rotatable bonds is 19. The number of hydrogen-bond donors (Lipinski definition) is 0. The van der Waals surface area contributed by atoms with Crippen LogP contribution >= 0.6 is 0 Å². The van der Waals surface area contributed by atoms with E-state index in [0.29, 0.717) is 0 Å². The van der Waals surface area contributed by atoms with Crippen LogP contribution in [0.2, 0.25) is 19.6 Å². The highest BCUT2D eigenvalue weighted by atomic mass is 30.1. The molecule has 211 valence electrons. The summed E-state index contributed by atoms with van der Waals surface area (Å²) < 4.78 is 222. The van der Waals surface area contributed by atoms with E-state index in [1.165, 1.54) is 19.6 Å². The van der Waals surface area contributed by atoms with Gasteiger partial charge in [0.2, 0.25) is 8.32 Å². The zero-order chi connectivity index (χ0) is 32.7. The van der Waals surface area contributed by atoms with Gasteiger partial charge in [-0.1, -0.05) is 0 Å². The van der Waals surface area contributed by atoms with E-state index < -0.39 is 149 Å². The van der Waals surface area contributed by atoms with E-state index in [0.717, 1.165) is 0 Å². The second-order valence-corrected chi connectivity index (χ2v) is 93.7.